The number of halogens is 1. The summed E-state index contributed by atoms with van der Waals surface area (Å²) >= 11 is 5.95. The number of hydrogen-bond acceptors (Lipinski definition) is 4. The highest BCUT2D eigenvalue weighted by atomic mass is 35.5. The minimum absolute atomic E-state index is 0.263. The molecule has 1 saturated heterocycles. The van der Waals surface area contributed by atoms with Crippen molar-refractivity contribution in [2.45, 2.75) is 13.5 Å². The molecule has 0 saturated carbocycles. The van der Waals surface area contributed by atoms with Gasteiger partial charge in [-0.3, -0.25) is 4.90 Å². The molecular weight excluding hydrogens is 324 g/mol. The maximum Gasteiger partial charge on any atom is 0.162 e. The monoisotopic (exact) mass is 346 g/mol. The predicted molar refractivity (Wildman–Crippen MR) is 98.2 cm³/mol. The van der Waals surface area contributed by atoms with E-state index in [-0.39, 0.29) is 5.75 Å². The number of nitrogens with zero attached hydrogens (tertiary/aromatic N) is 2. The van der Waals surface area contributed by atoms with Crippen LogP contribution in [0.3, 0.4) is 0 Å². The summed E-state index contributed by atoms with van der Waals surface area (Å²) < 4.78 is 5.46. The van der Waals surface area contributed by atoms with Crippen molar-refractivity contribution in [1.82, 2.24) is 4.90 Å². The number of phenols is 1. The van der Waals surface area contributed by atoms with Gasteiger partial charge in [-0.1, -0.05) is 23.7 Å². The third-order valence-corrected chi connectivity index (χ3v) is 4.59. The van der Waals surface area contributed by atoms with Crippen molar-refractivity contribution in [2.24, 2.45) is 0 Å². The first-order chi connectivity index (χ1) is 11.7. The Labute approximate surface area is 148 Å². The molecule has 1 aliphatic rings. The summed E-state index contributed by atoms with van der Waals surface area (Å²) in [5.41, 5.74) is 2.13. The fraction of sp³-hybridized carbons (Fsp3) is 0.368. The van der Waals surface area contributed by atoms with Crippen molar-refractivity contribution in [2.75, 3.05) is 37.7 Å². The fourth-order valence-corrected chi connectivity index (χ4v) is 3.15. The second kappa shape index (κ2) is 7.77. The maximum atomic E-state index is 10.3. The van der Waals surface area contributed by atoms with Crippen molar-refractivity contribution in [1.29, 1.82) is 0 Å². The van der Waals surface area contributed by atoms with Crippen LogP contribution in [-0.4, -0.2) is 42.8 Å². The number of phenolic OH excluding ortho intramolecular Hbond substituents is 1. The molecule has 1 fully saturated rings. The quantitative estimate of drug-likeness (QED) is 0.894. The lowest BCUT2D eigenvalue weighted by atomic mass is 10.1. The Morgan fingerprint density at radius 2 is 1.75 bits per heavy atom. The minimum Gasteiger partial charge on any atom is -0.504 e. The van der Waals surface area contributed by atoms with Gasteiger partial charge in [0.2, 0.25) is 0 Å². The molecule has 1 heterocycles. The molecule has 3 rings (SSSR count). The molecule has 0 aliphatic carbocycles. The van der Waals surface area contributed by atoms with Gasteiger partial charge in [-0.15, -0.1) is 0 Å². The Balaban J connectivity index is 1.59. The van der Waals surface area contributed by atoms with E-state index in [2.05, 4.69) is 21.9 Å². The van der Waals surface area contributed by atoms with E-state index in [1.54, 1.807) is 6.07 Å². The molecular formula is C19H23ClN2O2. The molecule has 0 atom stereocenters. The highest BCUT2D eigenvalue weighted by molar-refractivity contribution is 6.30. The number of benzene rings is 2. The third-order valence-electron chi connectivity index (χ3n) is 4.34. The van der Waals surface area contributed by atoms with Crippen LogP contribution in [0, 0.1) is 0 Å². The largest absolute Gasteiger partial charge is 0.504 e. The second-order valence-corrected chi connectivity index (χ2v) is 6.37. The lowest BCUT2D eigenvalue weighted by Crippen LogP contribution is -2.45. The van der Waals surface area contributed by atoms with Gasteiger partial charge in [0.25, 0.3) is 0 Å². The van der Waals surface area contributed by atoms with Gasteiger partial charge in [-0.2, -0.15) is 0 Å². The highest BCUT2D eigenvalue weighted by Crippen LogP contribution is 2.31. The van der Waals surface area contributed by atoms with E-state index >= 15 is 0 Å². The SMILES string of the molecule is CCOc1cccc(CN2CCN(c3ccc(Cl)cc3)CC2)c1O. The zero-order valence-electron chi connectivity index (χ0n) is 13.9. The molecule has 1 N–H and O–H groups in total. The Morgan fingerprint density at radius 3 is 2.42 bits per heavy atom. The molecule has 5 heteroatoms. The first kappa shape index (κ1) is 16.9. The van der Waals surface area contributed by atoms with E-state index in [9.17, 15) is 5.11 Å². The number of ether oxygens (including phenoxy) is 1. The summed E-state index contributed by atoms with van der Waals surface area (Å²) in [5.74, 6) is 0.828. The topological polar surface area (TPSA) is 35.9 Å². The van der Waals surface area contributed by atoms with Crippen LogP contribution in [0.5, 0.6) is 11.5 Å². The predicted octanol–water partition coefficient (Wildman–Crippen LogP) is 3.77. The molecule has 0 spiro atoms. The number of hydrogen-bond donors (Lipinski definition) is 1. The van der Waals surface area contributed by atoms with E-state index in [1.165, 1.54) is 5.69 Å². The van der Waals surface area contributed by atoms with Gasteiger partial charge in [-0.05, 0) is 37.3 Å². The van der Waals surface area contributed by atoms with Crippen LogP contribution in [0.4, 0.5) is 5.69 Å². The normalized spacial score (nSPS) is 15.5. The number of aromatic hydroxyl groups is 1. The van der Waals surface area contributed by atoms with Gasteiger partial charge in [0.15, 0.2) is 11.5 Å². The van der Waals surface area contributed by atoms with Crippen molar-refractivity contribution >= 4 is 17.3 Å². The van der Waals surface area contributed by atoms with E-state index in [0.29, 0.717) is 12.4 Å². The molecule has 24 heavy (non-hydrogen) atoms. The van der Waals surface area contributed by atoms with Crippen molar-refractivity contribution in [3.8, 4) is 11.5 Å². The summed E-state index contributed by atoms with van der Waals surface area (Å²) in [6, 6.07) is 13.7. The molecule has 128 valence electrons. The molecule has 0 radical (unpaired) electrons. The molecule has 0 unspecified atom stereocenters. The number of rotatable bonds is 5. The van der Waals surface area contributed by atoms with Crippen LogP contribution >= 0.6 is 11.6 Å². The summed E-state index contributed by atoms with van der Waals surface area (Å²) in [7, 11) is 0. The Hall–Kier alpha value is -1.91. The van der Waals surface area contributed by atoms with Gasteiger partial charge in [-0.25, -0.2) is 0 Å². The average molecular weight is 347 g/mol. The van der Waals surface area contributed by atoms with E-state index in [4.69, 9.17) is 16.3 Å². The van der Waals surface area contributed by atoms with Crippen LogP contribution in [0.15, 0.2) is 42.5 Å². The second-order valence-electron chi connectivity index (χ2n) is 5.94. The van der Waals surface area contributed by atoms with E-state index in [0.717, 1.165) is 43.3 Å². The Morgan fingerprint density at radius 1 is 1.04 bits per heavy atom. The molecule has 4 nitrogen and oxygen atoms in total. The zero-order chi connectivity index (χ0) is 16.9. The lowest BCUT2D eigenvalue weighted by molar-refractivity contribution is 0.244. The Bertz CT molecular complexity index is 668. The van der Waals surface area contributed by atoms with Gasteiger partial charge in [0, 0.05) is 49.0 Å². The van der Waals surface area contributed by atoms with Crippen LogP contribution < -0.4 is 9.64 Å². The molecule has 0 bridgehead atoms. The summed E-state index contributed by atoms with van der Waals surface area (Å²) in [6.45, 7) is 7.06. The van der Waals surface area contributed by atoms with Crippen molar-refractivity contribution in [3.63, 3.8) is 0 Å². The molecule has 0 amide bonds. The van der Waals surface area contributed by atoms with Gasteiger partial charge >= 0.3 is 0 Å². The summed E-state index contributed by atoms with van der Waals surface area (Å²) in [6.07, 6.45) is 0. The lowest BCUT2D eigenvalue weighted by Gasteiger charge is -2.36. The van der Waals surface area contributed by atoms with E-state index in [1.807, 2.05) is 31.2 Å². The van der Waals surface area contributed by atoms with Crippen LogP contribution in [0.2, 0.25) is 5.02 Å². The van der Waals surface area contributed by atoms with Gasteiger partial charge < -0.3 is 14.7 Å². The number of anilines is 1. The molecule has 2 aromatic carbocycles. The van der Waals surface area contributed by atoms with Crippen LogP contribution in [0.1, 0.15) is 12.5 Å². The van der Waals surface area contributed by atoms with Crippen molar-refractivity contribution in [3.05, 3.63) is 53.1 Å². The first-order valence-electron chi connectivity index (χ1n) is 8.34. The standard InChI is InChI=1S/C19H23ClN2O2/c1-2-24-18-5-3-4-15(19(18)23)14-21-10-12-22(13-11-21)17-8-6-16(20)7-9-17/h3-9,23H,2,10-14H2,1H3. The molecule has 2 aromatic rings. The first-order valence-corrected chi connectivity index (χ1v) is 8.71. The zero-order valence-corrected chi connectivity index (χ0v) is 14.7. The number of piperazine rings is 1. The molecule has 0 aromatic heterocycles. The minimum atomic E-state index is 0.263. The Kier molecular flexibility index (Phi) is 5.48. The van der Waals surface area contributed by atoms with Crippen LogP contribution in [-0.2, 0) is 6.54 Å². The third kappa shape index (κ3) is 3.94. The maximum absolute atomic E-state index is 10.3. The fourth-order valence-electron chi connectivity index (χ4n) is 3.02. The average Bonchev–Trinajstić information content (AvgIpc) is 2.60. The number of para-hydroxylation sites is 1. The summed E-state index contributed by atoms with van der Waals surface area (Å²) in [5, 5.41) is 11.1. The van der Waals surface area contributed by atoms with Crippen LogP contribution in [0.25, 0.3) is 0 Å². The van der Waals surface area contributed by atoms with E-state index < -0.39 is 0 Å². The summed E-state index contributed by atoms with van der Waals surface area (Å²) in [4.78, 5) is 4.72. The smallest absolute Gasteiger partial charge is 0.162 e. The molecule has 1 aliphatic heterocycles. The van der Waals surface area contributed by atoms with Crippen molar-refractivity contribution < 1.29 is 9.84 Å². The van der Waals surface area contributed by atoms with Gasteiger partial charge in [0.05, 0.1) is 6.61 Å². The highest BCUT2D eigenvalue weighted by Gasteiger charge is 2.19. The van der Waals surface area contributed by atoms with Gasteiger partial charge in [0.1, 0.15) is 0 Å².